The van der Waals surface area contributed by atoms with E-state index in [1.54, 1.807) is 6.07 Å². The van der Waals surface area contributed by atoms with E-state index in [1.807, 2.05) is 0 Å². The molecule has 0 spiro atoms. The van der Waals surface area contributed by atoms with E-state index in [0.29, 0.717) is 11.8 Å². The molecule has 0 heterocycles. The molecule has 1 aromatic carbocycles. The summed E-state index contributed by atoms with van der Waals surface area (Å²) in [7, 11) is 0. The summed E-state index contributed by atoms with van der Waals surface area (Å²) in [5.41, 5.74) is -0.393. The van der Waals surface area contributed by atoms with Crippen molar-refractivity contribution in [3.05, 3.63) is 42.0 Å². The Labute approximate surface area is 183 Å². The molecule has 0 N–H and O–H groups in total. The Morgan fingerprint density at radius 1 is 1.00 bits per heavy atom. The second-order valence-corrected chi connectivity index (χ2v) is 9.72. The molecule has 3 fully saturated rings. The van der Waals surface area contributed by atoms with Crippen molar-refractivity contribution in [2.45, 2.75) is 64.2 Å². The molecule has 3 saturated carbocycles. The van der Waals surface area contributed by atoms with E-state index in [1.165, 1.54) is 38.2 Å². The molecule has 3 nitrogen and oxygen atoms in total. The van der Waals surface area contributed by atoms with Gasteiger partial charge < -0.3 is 4.74 Å². The van der Waals surface area contributed by atoms with Crippen LogP contribution in [0.2, 0.25) is 0 Å². The maximum Gasteiger partial charge on any atom is 0.314 e. The first-order valence-electron chi connectivity index (χ1n) is 11.7. The van der Waals surface area contributed by atoms with Crippen LogP contribution in [0.5, 0.6) is 5.75 Å². The average molecular weight is 428 g/mol. The minimum absolute atomic E-state index is 0.255. The number of nitriles is 1. The van der Waals surface area contributed by atoms with Gasteiger partial charge in [0.2, 0.25) is 5.82 Å². The molecule has 3 aliphatic rings. The molecule has 0 radical (unpaired) electrons. The monoisotopic (exact) mass is 427 g/mol. The predicted molar refractivity (Wildman–Crippen MR) is 114 cm³/mol. The topological polar surface area (TPSA) is 50.1 Å². The second-order valence-electron chi connectivity index (χ2n) is 9.72. The number of hydrogen-bond acceptors (Lipinski definition) is 3. The van der Waals surface area contributed by atoms with Gasteiger partial charge in [-0.1, -0.05) is 18.9 Å². The molecular formula is C26H31F2NO2. The fraction of sp³-hybridized carbons (Fsp3) is 0.615. The van der Waals surface area contributed by atoms with Gasteiger partial charge in [-0.15, -0.1) is 6.58 Å². The van der Waals surface area contributed by atoms with Gasteiger partial charge in [-0.3, -0.25) is 4.79 Å². The predicted octanol–water partition coefficient (Wildman–Crippen LogP) is 6.57. The molecule has 0 aliphatic heterocycles. The Bertz CT molecular complexity index is 869. The Morgan fingerprint density at radius 2 is 1.74 bits per heavy atom. The number of carbonyl (C=O) groups excluding carboxylic acids is 1. The highest BCUT2D eigenvalue weighted by molar-refractivity contribution is 5.75. The maximum absolute atomic E-state index is 14.2. The van der Waals surface area contributed by atoms with Crippen molar-refractivity contribution in [3.63, 3.8) is 0 Å². The molecule has 4 rings (SSSR count). The molecule has 3 aliphatic carbocycles. The fourth-order valence-corrected chi connectivity index (χ4v) is 6.45. The quantitative estimate of drug-likeness (QED) is 0.310. The van der Waals surface area contributed by atoms with Crippen molar-refractivity contribution in [3.8, 4) is 11.8 Å². The van der Waals surface area contributed by atoms with Gasteiger partial charge in [-0.05, 0) is 93.1 Å². The van der Waals surface area contributed by atoms with E-state index in [4.69, 9.17) is 10.00 Å². The lowest BCUT2D eigenvalue weighted by atomic mass is 9.59. The van der Waals surface area contributed by atoms with Crippen molar-refractivity contribution in [2.24, 2.45) is 35.5 Å². The van der Waals surface area contributed by atoms with E-state index >= 15 is 0 Å². The third-order valence-corrected chi connectivity index (χ3v) is 8.19. The number of hydrogen-bond donors (Lipinski definition) is 0. The third-order valence-electron chi connectivity index (χ3n) is 8.19. The van der Waals surface area contributed by atoms with Crippen molar-refractivity contribution in [1.82, 2.24) is 0 Å². The molecule has 0 saturated heterocycles. The van der Waals surface area contributed by atoms with E-state index in [9.17, 15) is 13.6 Å². The lowest BCUT2D eigenvalue weighted by Crippen LogP contribution is -2.40. The first-order valence-corrected chi connectivity index (χ1v) is 11.7. The van der Waals surface area contributed by atoms with Gasteiger partial charge in [0, 0.05) is 0 Å². The van der Waals surface area contributed by atoms with Crippen LogP contribution in [0.3, 0.4) is 0 Å². The van der Waals surface area contributed by atoms with Crippen LogP contribution in [0.4, 0.5) is 8.78 Å². The van der Waals surface area contributed by atoms with Gasteiger partial charge in [-0.25, -0.2) is 4.39 Å². The van der Waals surface area contributed by atoms with Crippen LogP contribution in [-0.4, -0.2) is 5.97 Å². The molecule has 0 aromatic heterocycles. The number of carbonyl (C=O) groups is 1. The SMILES string of the molecule is C=CC1CCC(C2CCC3C(CCCC3C(=O)Oc3ccc(C#N)c(F)c3F)C2)CC1. The van der Waals surface area contributed by atoms with Crippen LogP contribution >= 0.6 is 0 Å². The van der Waals surface area contributed by atoms with Crippen molar-refractivity contribution in [2.75, 3.05) is 0 Å². The first kappa shape index (κ1) is 22.0. The van der Waals surface area contributed by atoms with Crippen molar-refractivity contribution >= 4 is 5.97 Å². The van der Waals surface area contributed by atoms with E-state index < -0.39 is 28.9 Å². The Balaban J connectivity index is 1.39. The van der Waals surface area contributed by atoms with E-state index in [0.717, 1.165) is 50.0 Å². The summed E-state index contributed by atoms with van der Waals surface area (Å²) >= 11 is 0. The van der Waals surface area contributed by atoms with Crippen LogP contribution < -0.4 is 4.74 Å². The van der Waals surface area contributed by atoms with Crippen LogP contribution in [0.1, 0.15) is 69.8 Å². The van der Waals surface area contributed by atoms with Gasteiger partial charge >= 0.3 is 5.97 Å². The molecule has 4 atom stereocenters. The number of benzene rings is 1. The minimum Gasteiger partial charge on any atom is -0.423 e. The molecule has 166 valence electrons. The third kappa shape index (κ3) is 4.54. The van der Waals surface area contributed by atoms with Crippen LogP contribution in [0.15, 0.2) is 24.8 Å². The zero-order chi connectivity index (χ0) is 22.0. The highest BCUT2D eigenvalue weighted by Crippen LogP contribution is 2.50. The largest absolute Gasteiger partial charge is 0.423 e. The molecule has 0 bridgehead atoms. The number of nitrogens with zero attached hydrogens (tertiary/aromatic N) is 1. The average Bonchev–Trinajstić information content (AvgIpc) is 2.81. The summed E-state index contributed by atoms with van der Waals surface area (Å²) in [6.45, 7) is 3.95. The Hall–Kier alpha value is -2.22. The zero-order valence-corrected chi connectivity index (χ0v) is 18.0. The molecule has 5 heteroatoms. The molecular weight excluding hydrogens is 396 g/mol. The molecule has 0 amide bonds. The molecule has 1 aromatic rings. The van der Waals surface area contributed by atoms with Crippen LogP contribution in [0, 0.1) is 58.5 Å². The number of esters is 1. The first-order chi connectivity index (χ1) is 15.0. The second kappa shape index (κ2) is 9.51. The number of allylic oxidation sites excluding steroid dienone is 1. The van der Waals surface area contributed by atoms with E-state index in [2.05, 4.69) is 12.7 Å². The molecule has 31 heavy (non-hydrogen) atoms. The maximum atomic E-state index is 14.2. The van der Waals surface area contributed by atoms with Crippen LogP contribution in [0.25, 0.3) is 0 Å². The number of halogens is 2. The highest BCUT2D eigenvalue weighted by atomic mass is 19.2. The summed E-state index contributed by atoms with van der Waals surface area (Å²) < 4.78 is 33.4. The standard InChI is InChI=1S/C26H31F2NO2/c1-2-16-6-8-17(9-7-16)18-10-12-21-19(14-18)4-3-5-22(21)26(30)31-23-13-11-20(15-29)24(27)25(23)28/h2,11,13,16-19,21-22H,1,3-10,12,14H2. The van der Waals surface area contributed by atoms with Gasteiger partial charge in [0.15, 0.2) is 11.6 Å². The summed E-state index contributed by atoms with van der Waals surface area (Å²) in [6.07, 6.45) is 13.4. The smallest absolute Gasteiger partial charge is 0.314 e. The summed E-state index contributed by atoms with van der Waals surface area (Å²) in [5, 5.41) is 8.82. The number of rotatable bonds is 4. The number of ether oxygens (including phenoxy) is 1. The van der Waals surface area contributed by atoms with Gasteiger partial charge in [-0.2, -0.15) is 9.65 Å². The Morgan fingerprint density at radius 3 is 2.45 bits per heavy atom. The summed E-state index contributed by atoms with van der Waals surface area (Å²) in [5.74, 6) is -0.660. The fourth-order valence-electron chi connectivity index (χ4n) is 6.45. The summed E-state index contributed by atoms with van der Waals surface area (Å²) in [6, 6.07) is 3.92. The Kier molecular flexibility index (Phi) is 6.74. The summed E-state index contributed by atoms with van der Waals surface area (Å²) in [4.78, 5) is 12.9. The normalized spacial score (nSPS) is 33.1. The van der Waals surface area contributed by atoms with Gasteiger partial charge in [0.05, 0.1) is 11.5 Å². The lowest BCUT2D eigenvalue weighted by molar-refractivity contribution is -0.144. The van der Waals surface area contributed by atoms with Gasteiger partial charge in [0.1, 0.15) is 6.07 Å². The van der Waals surface area contributed by atoms with Crippen molar-refractivity contribution in [1.29, 1.82) is 5.26 Å². The van der Waals surface area contributed by atoms with E-state index in [-0.39, 0.29) is 11.8 Å². The van der Waals surface area contributed by atoms with Crippen LogP contribution in [-0.2, 0) is 4.79 Å². The highest BCUT2D eigenvalue weighted by Gasteiger charge is 2.43. The number of fused-ring (bicyclic) bond motifs is 1. The molecule has 4 unspecified atom stereocenters. The van der Waals surface area contributed by atoms with Crippen molar-refractivity contribution < 1.29 is 18.3 Å². The van der Waals surface area contributed by atoms with Gasteiger partial charge in [0.25, 0.3) is 0 Å². The minimum atomic E-state index is -1.27. The lowest BCUT2D eigenvalue weighted by Gasteiger charge is -2.45. The zero-order valence-electron chi connectivity index (χ0n) is 18.0.